The summed E-state index contributed by atoms with van der Waals surface area (Å²) in [6.07, 6.45) is 2.03. The monoisotopic (exact) mass is 385 g/mol. The number of sulfonamides is 1. The summed E-state index contributed by atoms with van der Waals surface area (Å²) in [5.41, 5.74) is 1.24. The quantitative estimate of drug-likeness (QED) is 0.789. The Labute approximate surface area is 155 Å². The number of methoxy groups -OCH3 is 1. The van der Waals surface area contributed by atoms with Gasteiger partial charge in [0.1, 0.15) is 5.75 Å². The normalized spacial score (nSPS) is 16.4. The molecule has 0 N–H and O–H groups in total. The first-order chi connectivity index (χ1) is 11.5. The van der Waals surface area contributed by atoms with E-state index >= 15 is 0 Å². The first kappa shape index (κ1) is 19.8. The average molecular weight is 386 g/mol. The molecule has 0 saturated carbocycles. The van der Waals surface area contributed by atoms with Crippen molar-refractivity contribution in [1.29, 1.82) is 0 Å². The summed E-state index contributed by atoms with van der Waals surface area (Å²) in [7, 11) is 0.158. The molecule has 2 heterocycles. The SMILES string of the molecule is COc1ccc(S(=O)(=O)N2CCN(Cc3cccn3C)CC2)cc1.Cl. The van der Waals surface area contributed by atoms with Gasteiger partial charge in [0.2, 0.25) is 10.0 Å². The lowest BCUT2D eigenvalue weighted by Crippen LogP contribution is -2.48. The molecular weight excluding hydrogens is 362 g/mol. The highest BCUT2D eigenvalue weighted by atomic mass is 35.5. The number of ether oxygens (including phenoxy) is 1. The molecule has 0 amide bonds. The summed E-state index contributed by atoms with van der Waals surface area (Å²) in [4.78, 5) is 2.61. The summed E-state index contributed by atoms with van der Waals surface area (Å²) < 4.78 is 34.2. The Morgan fingerprint density at radius 3 is 2.20 bits per heavy atom. The van der Waals surface area contributed by atoms with Crippen molar-refractivity contribution >= 4 is 22.4 Å². The van der Waals surface area contributed by atoms with Crippen LogP contribution in [0.15, 0.2) is 47.5 Å². The number of piperazine rings is 1. The second-order valence-electron chi connectivity index (χ2n) is 5.97. The molecule has 0 radical (unpaired) electrons. The third kappa shape index (κ3) is 4.36. The molecule has 1 aromatic carbocycles. The second-order valence-corrected chi connectivity index (χ2v) is 7.90. The molecule has 0 spiro atoms. The van der Waals surface area contributed by atoms with Gasteiger partial charge < -0.3 is 9.30 Å². The van der Waals surface area contributed by atoms with Gasteiger partial charge in [0.25, 0.3) is 0 Å². The van der Waals surface area contributed by atoms with Crippen LogP contribution >= 0.6 is 12.4 Å². The highest BCUT2D eigenvalue weighted by molar-refractivity contribution is 7.89. The molecule has 0 atom stereocenters. The molecule has 1 fully saturated rings. The average Bonchev–Trinajstić information content (AvgIpc) is 3.00. The molecule has 1 saturated heterocycles. The fourth-order valence-corrected chi connectivity index (χ4v) is 4.34. The zero-order valence-electron chi connectivity index (χ0n) is 14.5. The minimum absolute atomic E-state index is 0. The van der Waals surface area contributed by atoms with Crippen LogP contribution in [0, 0.1) is 0 Å². The van der Waals surface area contributed by atoms with Crippen molar-refractivity contribution < 1.29 is 13.2 Å². The van der Waals surface area contributed by atoms with E-state index in [4.69, 9.17) is 4.74 Å². The Bertz CT molecular complexity index is 782. The van der Waals surface area contributed by atoms with Crippen LogP contribution in [0.2, 0.25) is 0 Å². The smallest absolute Gasteiger partial charge is 0.243 e. The predicted molar refractivity (Wildman–Crippen MR) is 99.7 cm³/mol. The molecule has 3 rings (SSSR count). The predicted octanol–water partition coefficient (Wildman–Crippen LogP) is 1.96. The lowest BCUT2D eigenvalue weighted by molar-refractivity contribution is 0.178. The van der Waals surface area contributed by atoms with Crippen LogP contribution < -0.4 is 4.74 Å². The largest absolute Gasteiger partial charge is 0.497 e. The van der Waals surface area contributed by atoms with E-state index in [1.54, 1.807) is 35.7 Å². The maximum atomic E-state index is 12.7. The van der Waals surface area contributed by atoms with E-state index in [-0.39, 0.29) is 12.4 Å². The lowest BCUT2D eigenvalue weighted by Gasteiger charge is -2.34. The first-order valence-electron chi connectivity index (χ1n) is 7.97. The van der Waals surface area contributed by atoms with Gasteiger partial charge in [-0.1, -0.05) is 0 Å². The molecule has 1 aliphatic heterocycles. The number of hydrogen-bond acceptors (Lipinski definition) is 4. The van der Waals surface area contributed by atoms with Gasteiger partial charge in [0.15, 0.2) is 0 Å². The highest BCUT2D eigenvalue weighted by Crippen LogP contribution is 2.21. The van der Waals surface area contributed by atoms with Gasteiger partial charge in [0, 0.05) is 51.7 Å². The second kappa shape index (κ2) is 8.23. The lowest BCUT2D eigenvalue weighted by atomic mass is 10.3. The van der Waals surface area contributed by atoms with Crippen molar-refractivity contribution in [2.24, 2.45) is 7.05 Å². The van der Waals surface area contributed by atoms with Gasteiger partial charge in [0.05, 0.1) is 12.0 Å². The molecular formula is C17H24ClN3O3S. The highest BCUT2D eigenvalue weighted by Gasteiger charge is 2.28. The zero-order chi connectivity index (χ0) is 17.2. The topological polar surface area (TPSA) is 54.8 Å². The van der Waals surface area contributed by atoms with Crippen molar-refractivity contribution in [3.05, 3.63) is 48.3 Å². The Balaban J connectivity index is 0.00000225. The van der Waals surface area contributed by atoms with E-state index in [9.17, 15) is 8.42 Å². The molecule has 25 heavy (non-hydrogen) atoms. The summed E-state index contributed by atoms with van der Waals surface area (Å²) in [6, 6.07) is 10.7. The maximum absolute atomic E-state index is 12.7. The Hall–Kier alpha value is -1.54. The van der Waals surface area contributed by atoms with Gasteiger partial charge >= 0.3 is 0 Å². The van der Waals surface area contributed by atoms with Crippen molar-refractivity contribution in [2.75, 3.05) is 33.3 Å². The van der Waals surface area contributed by atoms with Crippen molar-refractivity contribution in [3.63, 3.8) is 0 Å². The van der Waals surface area contributed by atoms with Crippen LogP contribution in [0.5, 0.6) is 5.75 Å². The van der Waals surface area contributed by atoms with E-state index in [2.05, 4.69) is 15.5 Å². The Kier molecular flexibility index (Phi) is 6.51. The minimum atomic E-state index is -3.43. The Morgan fingerprint density at radius 2 is 1.68 bits per heavy atom. The molecule has 8 heteroatoms. The molecule has 6 nitrogen and oxygen atoms in total. The number of aryl methyl sites for hydroxylation is 1. The number of hydrogen-bond donors (Lipinski definition) is 0. The zero-order valence-corrected chi connectivity index (χ0v) is 16.1. The fraction of sp³-hybridized carbons (Fsp3) is 0.412. The van der Waals surface area contributed by atoms with E-state index in [1.807, 2.05) is 19.3 Å². The van der Waals surface area contributed by atoms with Crippen molar-refractivity contribution in [1.82, 2.24) is 13.8 Å². The van der Waals surface area contributed by atoms with Crippen LogP contribution in [0.4, 0.5) is 0 Å². The molecule has 0 bridgehead atoms. The van der Waals surface area contributed by atoms with Gasteiger partial charge in [-0.25, -0.2) is 8.42 Å². The van der Waals surface area contributed by atoms with Gasteiger partial charge in [-0.05, 0) is 36.4 Å². The third-order valence-electron chi connectivity index (χ3n) is 4.47. The summed E-state index contributed by atoms with van der Waals surface area (Å²) >= 11 is 0. The van der Waals surface area contributed by atoms with E-state index in [1.165, 1.54) is 5.69 Å². The molecule has 0 aliphatic carbocycles. The van der Waals surface area contributed by atoms with Crippen LogP contribution in [0.25, 0.3) is 0 Å². The van der Waals surface area contributed by atoms with E-state index < -0.39 is 10.0 Å². The fourth-order valence-electron chi connectivity index (χ4n) is 2.91. The number of rotatable bonds is 5. The van der Waals surface area contributed by atoms with Gasteiger partial charge in [-0.2, -0.15) is 4.31 Å². The standard InChI is InChI=1S/C17H23N3O3S.ClH/c1-18-9-3-4-15(18)14-19-10-12-20(13-11-19)24(21,22)17-7-5-16(23-2)6-8-17;/h3-9H,10-14H2,1-2H3;1H. The number of halogens is 1. The summed E-state index contributed by atoms with van der Waals surface area (Å²) in [5.74, 6) is 0.654. The molecule has 138 valence electrons. The van der Waals surface area contributed by atoms with Crippen molar-refractivity contribution in [2.45, 2.75) is 11.4 Å². The summed E-state index contributed by atoms with van der Waals surface area (Å²) in [5, 5.41) is 0. The maximum Gasteiger partial charge on any atom is 0.243 e. The van der Waals surface area contributed by atoms with Crippen molar-refractivity contribution in [3.8, 4) is 5.75 Å². The van der Waals surface area contributed by atoms with Gasteiger partial charge in [-0.15, -0.1) is 12.4 Å². The van der Waals surface area contributed by atoms with Gasteiger partial charge in [-0.3, -0.25) is 4.90 Å². The third-order valence-corrected chi connectivity index (χ3v) is 6.38. The summed E-state index contributed by atoms with van der Waals surface area (Å²) in [6.45, 7) is 3.35. The minimum Gasteiger partial charge on any atom is -0.497 e. The number of nitrogens with zero attached hydrogens (tertiary/aromatic N) is 3. The number of benzene rings is 1. The molecule has 1 aromatic heterocycles. The van der Waals surface area contributed by atoms with E-state index in [0.717, 1.165) is 19.6 Å². The molecule has 1 aliphatic rings. The Morgan fingerprint density at radius 1 is 1.04 bits per heavy atom. The molecule has 0 unspecified atom stereocenters. The first-order valence-corrected chi connectivity index (χ1v) is 9.41. The van der Waals surface area contributed by atoms with E-state index in [0.29, 0.717) is 23.7 Å². The van der Waals surface area contributed by atoms with Crippen LogP contribution in [0.1, 0.15) is 5.69 Å². The molecule has 2 aromatic rings. The van der Waals surface area contributed by atoms with Crippen LogP contribution in [-0.4, -0.2) is 55.5 Å². The van der Waals surface area contributed by atoms with Crippen LogP contribution in [-0.2, 0) is 23.6 Å². The van der Waals surface area contributed by atoms with Crippen LogP contribution in [0.3, 0.4) is 0 Å². The number of aromatic nitrogens is 1.